The molecule has 0 aliphatic carbocycles. The first-order valence-electron chi connectivity index (χ1n) is 8.89. The summed E-state index contributed by atoms with van der Waals surface area (Å²) in [7, 11) is 4.47. The van der Waals surface area contributed by atoms with Crippen LogP contribution in [0.15, 0.2) is 48.5 Å². The van der Waals surface area contributed by atoms with Crippen LogP contribution in [0.1, 0.15) is 30.0 Å². The van der Waals surface area contributed by atoms with Crippen LogP contribution in [0.2, 0.25) is 0 Å². The highest BCUT2D eigenvalue weighted by Gasteiger charge is 2.20. The molecule has 2 aromatic rings. The Kier molecular flexibility index (Phi) is 9.99. The molecule has 1 amide bonds. The van der Waals surface area contributed by atoms with Gasteiger partial charge in [0.25, 0.3) is 0 Å². The van der Waals surface area contributed by atoms with Gasteiger partial charge in [-0.1, -0.05) is 24.3 Å². The van der Waals surface area contributed by atoms with Gasteiger partial charge in [0.2, 0.25) is 5.91 Å². The van der Waals surface area contributed by atoms with E-state index in [4.69, 9.17) is 15.2 Å². The standard InChI is InChI=1S/C21H26N2O5.ClH/c1-26-16-8-4-14(5-9-16)20(15-6-10-17(27-2)11-7-15)23-19(24)13-12-18(22)21(25)28-3;/h4-11,18,20H,12-13,22H2,1-3H3,(H,23,24);1H/t18-;/m0./s1. The zero-order chi connectivity index (χ0) is 20.5. The molecule has 158 valence electrons. The fraction of sp³-hybridized carbons (Fsp3) is 0.333. The summed E-state index contributed by atoms with van der Waals surface area (Å²) in [4.78, 5) is 23.9. The Morgan fingerprint density at radius 1 is 0.897 bits per heavy atom. The maximum absolute atomic E-state index is 12.5. The number of hydrogen-bond acceptors (Lipinski definition) is 6. The van der Waals surface area contributed by atoms with Crippen LogP contribution < -0.4 is 20.5 Å². The van der Waals surface area contributed by atoms with Gasteiger partial charge in [0.05, 0.1) is 27.4 Å². The Bertz CT molecular complexity index is 733. The summed E-state index contributed by atoms with van der Waals surface area (Å²) in [6, 6.07) is 13.8. The molecule has 2 aromatic carbocycles. The number of rotatable bonds is 9. The molecule has 0 heterocycles. The van der Waals surface area contributed by atoms with Crippen molar-refractivity contribution in [3.63, 3.8) is 0 Å². The van der Waals surface area contributed by atoms with Crippen molar-refractivity contribution in [2.75, 3.05) is 21.3 Å². The first-order valence-corrected chi connectivity index (χ1v) is 8.89. The van der Waals surface area contributed by atoms with Crippen molar-refractivity contribution in [1.29, 1.82) is 0 Å². The van der Waals surface area contributed by atoms with Crippen molar-refractivity contribution >= 4 is 24.3 Å². The van der Waals surface area contributed by atoms with Crippen molar-refractivity contribution in [3.8, 4) is 11.5 Å². The first kappa shape index (κ1) is 24.3. The van der Waals surface area contributed by atoms with E-state index < -0.39 is 12.0 Å². The molecule has 29 heavy (non-hydrogen) atoms. The smallest absolute Gasteiger partial charge is 0.322 e. The zero-order valence-electron chi connectivity index (χ0n) is 16.7. The molecular weight excluding hydrogens is 396 g/mol. The Morgan fingerprint density at radius 2 is 1.34 bits per heavy atom. The molecule has 0 aliphatic heterocycles. The molecule has 0 saturated heterocycles. The van der Waals surface area contributed by atoms with Gasteiger partial charge in [0.15, 0.2) is 0 Å². The van der Waals surface area contributed by atoms with Crippen LogP contribution in [0.25, 0.3) is 0 Å². The lowest BCUT2D eigenvalue weighted by molar-refractivity contribution is -0.142. The van der Waals surface area contributed by atoms with E-state index in [9.17, 15) is 9.59 Å². The van der Waals surface area contributed by atoms with Crippen LogP contribution in [0.4, 0.5) is 0 Å². The highest BCUT2D eigenvalue weighted by atomic mass is 35.5. The van der Waals surface area contributed by atoms with E-state index in [0.717, 1.165) is 22.6 Å². The normalized spacial score (nSPS) is 11.2. The number of amides is 1. The average Bonchev–Trinajstić information content (AvgIpc) is 2.75. The molecule has 0 spiro atoms. The van der Waals surface area contributed by atoms with Crippen LogP contribution in [-0.4, -0.2) is 39.2 Å². The summed E-state index contributed by atoms with van der Waals surface area (Å²) in [5.41, 5.74) is 7.51. The quantitative estimate of drug-likeness (QED) is 0.602. The zero-order valence-corrected chi connectivity index (χ0v) is 17.5. The van der Waals surface area contributed by atoms with Crippen molar-refractivity contribution in [3.05, 3.63) is 59.7 Å². The van der Waals surface area contributed by atoms with Gasteiger partial charge in [-0.15, -0.1) is 12.4 Å². The molecule has 0 fully saturated rings. The molecule has 0 aliphatic rings. The van der Waals surface area contributed by atoms with Crippen molar-refractivity contribution in [1.82, 2.24) is 5.32 Å². The number of carbonyl (C=O) groups is 2. The summed E-state index contributed by atoms with van der Waals surface area (Å²) in [5.74, 6) is 0.714. The number of halogens is 1. The molecule has 0 saturated carbocycles. The second-order valence-electron chi connectivity index (χ2n) is 6.22. The monoisotopic (exact) mass is 422 g/mol. The van der Waals surface area contributed by atoms with E-state index in [0.29, 0.717) is 0 Å². The lowest BCUT2D eigenvalue weighted by Gasteiger charge is -2.21. The van der Waals surface area contributed by atoms with Crippen LogP contribution in [0.5, 0.6) is 11.5 Å². The highest BCUT2D eigenvalue weighted by Crippen LogP contribution is 2.26. The van der Waals surface area contributed by atoms with Crippen molar-refractivity contribution in [2.45, 2.75) is 24.9 Å². The summed E-state index contributed by atoms with van der Waals surface area (Å²) < 4.78 is 15.0. The Balaban J connectivity index is 0.00000420. The summed E-state index contributed by atoms with van der Waals surface area (Å²) in [6.45, 7) is 0. The van der Waals surface area contributed by atoms with Gasteiger partial charge in [0, 0.05) is 6.42 Å². The molecule has 8 heteroatoms. The minimum atomic E-state index is -0.823. The number of esters is 1. The third kappa shape index (κ3) is 6.96. The summed E-state index contributed by atoms with van der Waals surface area (Å²) in [6.07, 6.45) is 0.315. The molecule has 7 nitrogen and oxygen atoms in total. The maximum atomic E-state index is 12.5. The van der Waals surface area contributed by atoms with Gasteiger partial charge in [-0.25, -0.2) is 0 Å². The number of methoxy groups -OCH3 is 3. The van der Waals surface area contributed by atoms with Gasteiger partial charge < -0.3 is 25.3 Å². The molecule has 2 rings (SSSR count). The van der Waals surface area contributed by atoms with E-state index in [1.54, 1.807) is 14.2 Å². The Hall–Kier alpha value is -2.77. The largest absolute Gasteiger partial charge is 0.497 e. The van der Waals surface area contributed by atoms with Crippen LogP contribution in [-0.2, 0) is 14.3 Å². The number of benzene rings is 2. The van der Waals surface area contributed by atoms with Gasteiger partial charge in [-0.3, -0.25) is 9.59 Å². The van der Waals surface area contributed by atoms with Gasteiger partial charge in [-0.05, 0) is 41.8 Å². The fourth-order valence-electron chi connectivity index (χ4n) is 2.74. The number of nitrogens with one attached hydrogen (secondary N) is 1. The van der Waals surface area contributed by atoms with E-state index in [2.05, 4.69) is 10.1 Å². The third-order valence-corrected chi connectivity index (χ3v) is 4.39. The summed E-state index contributed by atoms with van der Waals surface area (Å²) >= 11 is 0. The van der Waals surface area contributed by atoms with E-state index in [1.165, 1.54) is 7.11 Å². The summed E-state index contributed by atoms with van der Waals surface area (Å²) in [5, 5.41) is 3.01. The van der Waals surface area contributed by atoms with E-state index in [-0.39, 0.29) is 37.2 Å². The lowest BCUT2D eigenvalue weighted by atomic mass is 9.98. The van der Waals surface area contributed by atoms with Gasteiger partial charge in [-0.2, -0.15) is 0 Å². The van der Waals surface area contributed by atoms with Gasteiger partial charge in [0.1, 0.15) is 17.5 Å². The predicted molar refractivity (Wildman–Crippen MR) is 112 cm³/mol. The lowest BCUT2D eigenvalue weighted by Crippen LogP contribution is -2.35. The van der Waals surface area contributed by atoms with Crippen molar-refractivity contribution in [2.24, 2.45) is 5.73 Å². The molecule has 0 aromatic heterocycles. The van der Waals surface area contributed by atoms with Crippen LogP contribution in [0, 0.1) is 0 Å². The number of ether oxygens (including phenoxy) is 3. The molecular formula is C21H27ClN2O5. The SMILES string of the molecule is COC(=O)[C@@H](N)CCC(=O)NC(c1ccc(OC)cc1)c1ccc(OC)cc1.Cl. The topological polar surface area (TPSA) is 99.9 Å². The molecule has 0 radical (unpaired) electrons. The maximum Gasteiger partial charge on any atom is 0.322 e. The van der Waals surface area contributed by atoms with Crippen LogP contribution >= 0.6 is 12.4 Å². The van der Waals surface area contributed by atoms with E-state index in [1.807, 2.05) is 48.5 Å². The second-order valence-corrected chi connectivity index (χ2v) is 6.22. The highest BCUT2D eigenvalue weighted by molar-refractivity contribution is 5.85. The minimum absolute atomic E-state index is 0. The minimum Gasteiger partial charge on any atom is -0.497 e. The van der Waals surface area contributed by atoms with Crippen molar-refractivity contribution < 1.29 is 23.8 Å². The molecule has 0 unspecified atom stereocenters. The number of hydrogen-bond donors (Lipinski definition) is 2. The molecule has 0 bridgehead atoms. The second kappa shape index (κ2) is 11.9. The van der Waals surface area contributed by atoms with E-state index >= 15 is 0 Å². The average molecular weight is 423 g/mol. The third-order valence-electron chi connectivity index (χ3n) is 4.39. The molecule has 3 N–H and O–H groups in total. The number of nitrogens with two attached hydrogens (primary N) is 1. The molecule has 1 atom stereocenters. The Labute approximate surface area is 176 Å². The van der Waals surface area contributed by atoms with Crippen LogP contribution in [0.3, 0.4) is 0 Å². The predicted octanol–water partition coefficient (Wildman–Crippen LogP) is 2.61. The Morgan fingerprint density at radius 3 is 1.72 bits per heavy atom. The first-order chi connectivity index (χ1) is 13.5. The fourth-order valence-corrected chi connectivity index (χ4v) is 2.74. The van der Waals surface area contributed by atoms with Gasteiger partial charge >= 0.3 is 5.97 Å². The number of carbonyl (C=O) groups excluding carboxylic acids is 2.